The van der Waals surface area contributed by atoms with Crippen molar-refractivity contribution in [2.75, 3.05) is 0 Å². The van der Waals surface area contributed by atoms with Gasteiger partial charge < -0.3 is 9.15 Å². The fourth-order valence-corrected chi connectivity index (χ4v) is 2.74. The van der Waals surface area contributed by atoms with Crippen LogP contribution in [0.1, 0.15) is 22.7 Å². The third-order valence-corrected chi connectivity index (χ3v) is 4.20. The molecule has 0 N–H and O–H groups in total. The molecule has 0 saturated heterocycles. The number of benzene rings is 2. The fraction of sp³-hybridized carbons (Fsp3) is 0.0833. The molecule has 2 aromatic carbocycles. The number of ketones is 1. The molecule has 0 bridgehead atoms. The maximum Gasteiger partial charge on any atom is 0.373 e. The monoisotopic (exact) mass is 414 g/mol. The van der Waals surface area contributed by atoms with Crippen LogP contribution in [0.5, 0.6) is 11.5 Å². The minimum absolute atomic E-state index is 0.115. The van der Waals surface area contributed by atoms with E-state index in [2.05, 4.69) is 9.97 Å². The fourth-order valence-electron chi connectivity index (χ4n) is 2.74. The smallest absolute Gasteiger partial charge is 0.373 e. The predicted molar refractivity (Wildman–Crippen MR) is 110 cm³/mol. The van der Waals surface area contributed by atoms with Gasteiger partial charge >= 0.3 is 6.15 Å². The van der Waals surface area contributed by atoms with Crippen LogP contribution in [0.3, 0.4) is 0 Å². The first-order valence-corrected chi connectivity index (χ1v) is 9.41. The molecule has 7 heteroatoms. The lowest BCUT2D eigenvalue weighted by Gasteiger charge is -2.06. The van der Waals surface area contributed by atoms with E-state index < -0.39 is 0 Å². The van der Waals surface area contributed by atoms with Gasteiger partial charge in [-0.25, -0.2) is 4.98 Å². The Morgan fingerprint density at radius 3 is 2.23 bits per heavy atom. The quantitative estimate of drug-likeness (QED) is 0.402. The molecule has 0 aliphatic heterocycles. The highest BCUT2D eigenvalue weighted by Gasteiger charge is 2.14. The first-order valence-electron chi connectivity index (χ1n) is 9.41. The van der Waals surface area contributed by atoms with E-state index in [4.69, 9.17) is 18.7 Å². The molecule has 0 aliphatic carbocycles. The van der Waals surface area contributed by atoms with Gasteiger partial charge in [-0.3, -0.25) is 9.78 Å². The number of nitrogens with zero attached hydrogens (tertiary/aromatic N) is 2. The summed E-state index contributed by atoms with van der Waals surface area (Å²) in [5, 5.41) is 0. The first kappa shape index (κ1) is 21.4. The molecule has 0 amide bonds. The summed E-state index contributed by atoms with van der Waals surface area (Å²) in [6.45, 7) is 0. The first-order chi connectivity index (χ1) is 15.2. The topological polar surface area (TPSA) is 99.4 Å². The van der Waals surface area contributed by atoms with Crippen molar-refractivity contribution in [3.8, 4) is 23.0 Å². The van der Waals surface area contributed by atoms with Crippen molar-refractivity contribution in [1.82, 2.24) is 9.97 Å². The summed E-state index contributed by atoms with van der Waals surface area (Å²) in [6, 6.07) is 22.8. The molecule has 4 aromatic rings. The van der Waals surface area contributed by atoms with Crippen molar-refractivity contribution in [1.29, 1.82) is 0 Å². The standard InChI is InChI=1S/C23H18N2O3.CO2/c26-21(23-25-16-22(28-23)20-8-4-5-15-24-20)14-11-17-9-12-19(13-10-17)27-18-6-2-1-3-7-18;2-1-3/h1-10,12-13,15-16H,11,14H2;. The van der Waals surface area contributed by atoms with Gasteiger partial charge in [-0.05, 0) is 48.4 Å². The second-order valence-corrected chi connectivity index (χ2v) is 6.31. The van der Waals surface area contributed by atoms with Gasteiger partial charge in [0.05, 0.1) is 6.20 Å². The SMILES string of the molecule is O=C(CCc1ccc(Oc2ccccc2)cc1)c1ncc(-c2ccccn2)o1.O=C=O. The summed E-state index contributed by atoms with van der Waals surface area (Å²) in [6.07, 6.45) is 4.38. The summed E-state index contributed by atoms with van der Waals surface area (Å²) >= 11 is 0. The van der Waals surface area contributed by atoms with E-state index >= 15 is 0 Å². The van der Waals surface area contributed by atoms with E-state index in [1.54, 1.807) is 6.20 Å². The van der Waals surface area contributed by atoms with Crippen LogP contribution in [0.4, 0.5) is 0 Å². The van der Waals surface area contributed by atoms with Gasteiger partial charge in [0.2, 0.25) is 5.78 Å². The van der Waals surface area contributed by atoms with E-state index in [-0.39, 0.29) is 17.8 Å². The normalized spacial score (nSPS) is 9.81. The van der Waals surface area contributed by atoms with Crippen molar-refractivity contribution < 1.29 is 23.5 Å². The van der Waals surface area contributed by atoms with E-state index in [9.17, 15) is 4.79 Å². The molecule has 0 unspecified atom stereocenters. The number of oxazole rings is 1. The maximum absolute atomic E-state index is 12.4. The molecule has 154 valence electrons. The summed E-state index contributed by atoms with van der Waals surface area (Å²) in [5.41, 5.74) is 1.70. The van der Waals surface area contributed by atoms with Crippen LogP contribution in [-0.2, 0) is 16.0 Å². The molecular weight excluding hydrogens is 396 g/mol. The van der Waals surface area contributed by atoms with Crippen LogP contribution in [-0.4, -0.2) is 21.9 Å². The molecule has 31 heavy (non-hydrogen) atoms. The highest BCUT2D eigenvalue weighted by molar-refractivity contribution is 5.92. The lowest BCUT2D eigenvalue weighted by molar-refractivity contribution is -0.191. The van der Waals surface area contributed by atoms with Crippen molar-refractivity contribution >= 4 is 11.9 Å². The van der Waals surface area contributed by atoms with E-state index in [0.29, 0.717) is 24.3 Å². The Kier molecular flexibility index (Phi) is 7.58. The average Bonchev–Trinajstić information content (AvgIpc) is 3.31. The van der Waals surface area contributed by atoms with Crippen molar-refractivity contribution in [2.45, 2.75) is 12.8 Å². The maximum atomic E-state index is 12.4. The molecule has 2 aromatic heterocycles. The largest absolute Gasteiger partial charge is 0.457 e. The number of carbonyl (C=O) groups is 1. The number of hydrogen-bond donors (Lipinski definition) is 0. The molecule has 0 saturated carbocycles. The summed E-state index contributed by atoms with van der Waals surface area (Å²) < 4.78 is 11.3. The van der Waals surface area contributed by atoms with Gasteiger partial charge in [0.15, 0.2) is 5.76 Å². The lowest BCUT2D eigenvalue weighted by atomic mass is 10.1. The van der Waals surface area contributed by atoms with Gasteiger partial charge in [0.1, 0.15) is 17.2 Å². The van der Waals surface area contributed by atoms with Gasteiger partial charge in [-0.2, -0.15) is 9.59 Å². The van der Waals surface area contributed by atoms with E-state index in [1.165, 1.54) is 6.20 Å². The summed E-state index contributed by atoms with van der Waals surface area (Å²) in [4.78, 5) is 36.9. The number of pyridine rings is 1. The second-order valence-electron chi connectivity index (χ2n) is 6.31. The third kappa shape index (κ3) is 6.32. The number of Topliss-reactive ketones (excluding diaryl/α,β-unsaturated/α-hetero) is 1. The Morgan fingerprint density at radius 2 is 1.55 bits per heavy atom. The Bertz CT molecular complexity index is 1130. The van der Waals surface area contributed by atoms with Crippen molar-refractivity contribution in [3.63, 3.8) is 0 Å². The highest BCUT2D eigenvalue weighted by atomic mass is 16.5. The number of ether oxygens (including phenoxy) is 1. The minimum Gasteiger partial charge on any atom is -0.457 e. The molecule has 0 aliphatic rings. The summed E-state index contributed by atoms with van der Waals surface area (Å²) in [5.74, 6) is 2.02. The Balaban J connectivity index is 0.000000858. The van der Waals surface area contributed by atoms with Crippen LogP contribution in [0.15, 0.2) is 89.6 Å². The molecule has 4 rings (SSSR count). The second kappa shape index (κ2) is 11.0. The zero-order valence-electron chi connectivity index (χ0n) is 16.4. The number of para-hydroxylation sites is 1. The number of carbonyl (C=O) groups excluding carboxylic acids is 3. The molecule has 0 radical (unpaired) electrons. The molecule has 0 atom stereocenters. The van der Waals surface area contributed by atoms with Crippen LogP contribution >= 0.6 is 0 Å². The van der Waals surface area contributed by atoms with Gasteiger partial charge in [-0.15, -0.1) is 0 Å². The number of hydrogen-bond acceptors (Lipinski definition) is 7. The number of aromatic nitrogens is 2. The minimum atomic E-state index is -0.133. The van der Waals surface area contributed by atoms with Crippen molar-refractivity contribution in [2.24, 2.45) is 0 Å². The highest BCUT2D eigenvalue weighted by Crippen LogP contribution is 2.22. The molecule has 0 fully saturated rings. The molecule has 7 nitrogen and oxygen atoms in total. The Morgan fingerprint density at radius 1 is 0.871 bits per heavy atom. The molecule has 0 spiro atoms. The van der Waals surface area contributed by atoms with Crippen LogP contribution in [0, 0.1) is 0 Å². The number of rotatable bonds is 7. The van der Waals surface area contributed by atoms with Crippen LogP contribution < -0.4 is 4.74 Å². The van der Waals surface area contributed by atoms with Gasteiger partial charge in [0, 0.05) is 12.6 Å². The van der Waals surface area contributed by atoms with Crippen LogP contribution in [0.2, 0.25) is 0 Å². The van der Waals surface area contributed by atoms with Gasteiger partial charge in [-0.1, -0.05) is 36.4 Å². The van der Waals surface area contributed by atoms with Crippen molar-refractivity contribution in [3.05, 3.63) is 96.6 Å². The van der Waals surface area contributed by atoms with E-state index in [0.717, 1.165) is 17.1 Å². The number of aryl methyl sites for hydroxylation is 1. The van der Waals surface area contributed by atoms with Gasteiger partial charge in [0.25, 0.3) is 5.89 Å². The Labute approximate surface area is 178 Å². The Hall–Kier alpha value is -4.35. The van der Waals surface area contributed by atoms with Crippen LogP contribution in [0.25, 0.3) is 11.5 Å². The van der Waals surface area contributed by atoms with E-state index in [1.807, 2.05) is 72.8 Å². The zero-order chi connectivity index (χ0) is 21.9. The zero-order valence-corrected chi connectivity index (χ0v) is 16.4. The third-order valence-electron chi connectivity index (χ3n) is 4.20. The summed E-state index contributed by atoms with van der Waals surface area (Å²) in [7, 11) is 0. The predicted octanol–water partition coefficient (Wildman–Crippen LogP) is 4.76. The molecular formula is C24H18N2O5. The molecule has 2 heterocycles. The average molecular weight is 414 g/mol. The lowest BCUT2D eigenvalue weighted by Crippen LogP contribution is -2.01.